The molecule has 0 saturated carbocycles. The van der Waals surface area contributed by atoms with Crippen molar-refractivity contribution in [2.75, 3.05) is 0 Å². The summed E-state index contributed by atoms with van der Waals surface area (Å²) in [6.07, 6.45) is 12.4. The fraction of sp³-hybridized carbons (Fsp3) is 0.536. The van der Waals surface area contributed by atoms with Crippen LogP contribution in [0.2, 0.25) is 0 Å². The fourth-order valence-corrected chi connectivity index (χ4v) is 3.67. The van der Waals surface area contributed by atoms with Crippen LogP contribution in [0.1, 0.15) is 101 Å². The van der Waals surface area contributed by atoms with Gasteiger partial charge in [-0.3, -0.25) is 0 Å². The van der Waals surface area contributed by atoms with Gasteiger partial charge in [-0.2, -0.15) is 0 Å². The molecule has 0 fully saturated rings. The summed E-state index contributed by atoms with van der Waals surface area (Å²) in [4.78, 5) is 12.4. The third kappa shape index (κ3) is 9.61. The first kappa shape index (κ1) is 25.9. The van der Waals surface area contributed by atoms with Crippen LogP contribution in [0.3, 0.4) is 0 Å². The Kier molecular flexibility index (Phi) is 12.8. The van der Waals surface area contributed by atoms with Crippen molar-refractivity contribution in [1.29, 1.82) is 0 Å². The molecule has 2 rings (SSSR count). The molecule has 2 heteroatoms. The van der Waals surface area contributed by atoms with Crippen molar-refractivity contribution >= 4 is 5.97 Å². The molecule has 0 aliphatic rings. The maximum absolute atomic E-state index is 12.4. The zero-order valence-corrected chi connectivity index (χ0v) is 18.6. The smallest absolute Gasteiger partial charge is 0.343 e. The molecular weight excluding hydrogens is 368 g/mol. The third-order valence-electron chi connectivity index (χ3n) is 5.53. The topological polar surface area (TPSA) is 26.3 Å². The van der Waals surface area contributed by atoms with Gasteiger partial charge >= 0.3 is 5.97 Å². The molecule has 0 aliphatic carbocycles. The van der Waals surface area contributed by atoms with E-state index in [2.05, 4.69) is 45.0 Å². The molecule has 1 unspecified atom stereocenters. The highest BCUT2D eigenvalue weighted by atomic mass is 16.5. The van der Waals surface area contributed by atoms with Crippen molar-refractivity contribution < 1.29 is 9.53 Å². The molecule has 1 atom stereocenters. The van der Waals surface area contributed by atoms with Gasteiger partial charge in [0.2, 0.25) is 0 Å². The highest BCUT2D eigenvalue weighted by molar-refractivity contribution is 5.91. The predicted octanol–water partition coefficient (Wildman–Crippen LogP) is 8.42. The molecule has 166 valence electrons. The van der Waals surface area contributed by atoms with Gasteiger partial charge in [0.25, 0.3) is 0 Å². The molecule has 30 heavy (non-hydrogen) atoms. The minimum Gasteiger partial charge on any atom is -0.423 e. The van der Waals surface area contributed by atoms with Crippen molar-refractivity contribution in [3.05, 3.63) is 65.2 Å². The zero-order valence-electron chi connectivity index (χ0n) is 18.6. The molecule has 2 nitrogen and oxygen atoms in total. The van der Waals surface area contributed by atoms with Crippen LogP contribution in [-0.4, -0.2) is 5.97 Å². The van der Waals surface area contributed by atoms with Crippen LogP contribution in [-0.2, 0) is 12.8 Å². The van der Waals surface area contributed by atoms with Gasteiger partial charge in [0.1, 0.15) is 5.75 Å². The van der Waals surface area contributed by atoms with E-state index in [1.807, 2.05) is 24.3 Å². The number of hydrogen-bond acceptors (Lipinski definition) is 2. The summed E-state index contributed by atoms with van der Waals surface area (Å²) in [5.41, 5.74) is 3.20. The normalized spacial score (nSPS) is 11.6. The molecule has 0 N–H and O–H groups in total. The molecule has 0 radical (unpaired) electrons. The number of rotatable bonds is 13. The van der Waals surface area contributed by atoms with Gasteiger partial charge in [-0.25, -0.2) is 4.79 Å². The Morgan fingerprint density at radius 3 is 2.03 bits per heavy atom. The van der Waals surface area contributed by atoms with Gasteiger partial charge in [0, 0.05) is 0 Å². The number of carbonyl (C=O) groups excluding carboxylic acids is 1. The second-order valence-electron chi connectivity index (χ2n) is 8.35. The molecule has 2 aromatic carbocycles. The van der Waals surface area contributed by atoms with Gasteiger partial charge < -0.3 is 4.74 Å². The Labute approximate surface area is 185 Å². The van der Waals surface area contributed by atoms with Gasteiger partial charge in [-0.1, -0.05) is 97.4 Å². The van der Waals surface area contributed by atoms with E-state index in [0.29, 0.717) is 17.2 Å². The number of unbranched alkanes of at least 4 members (excludes halogenated alkanes) is 5. The highest BCUT2D eigenvalue weighted by Gasteiger charge is 2.10. The van der Waals surface area contributed by atoms with Crippen LogP contribution in [0.5, 0.6) is 5.75 Å². The number of carbonyl (C=O) groups is 1. The first-order chi connectivity index (χ1) is 14.1. The van der Waals surface area contributed by atoms with E-state index in [9.17, 15) is 4.79 Å². The van der Waals surface area contributed by atoms with E-state index >= 15 is 0 Å². The van der Waals surface area contributed by atoms with Gasteiger partial charge in [0.15, 0.2) is 0 Å². The van der Waals surface area contributed by atoms with Gasteiger partial charge in [0.05, 0.1) is 5.56 Å². The van der Waals surface area contributed by atoms with Crippen LogP contribution < -0.4 is 4.74 Å². The summed E-state index contributed by atoms with van der Waals surface area (Å²) in [5.74, 6) is 1.00. The molecule has 0 aromatic heterocycles. The lowest BCUT2D eigenvalue weighted by Crippen LogP contribution is -2.09. The first-order valence-corrected chi connectivity index (χ1v) is 11.5. The molecule has 0 amide bonds. The van der Waals surface area contributed by atoms with E-state index < -0.39 is 0 Å². The van der Waals surface area contributed by atoms with E-state index in [4.69, 9.17) is 4.74 Å². The van der Waals surface area contributed by atoms with Crippen molar-refractivity contribution in [3.63, 3.8) is 0 Å². The van der Waals surface area contributed by atoms with Crippen LogP contribution >= 0.6 is 0 Å². The lowest BCUT2D eigenvalue weighted by molar-refractivity contribution is 0.0734. The summed E-state index contributed by atoms with van der Waals surface area (Å²) in [6.45, 7) is 6.78. The molecular formula is C28H42O2. The van der Waals surface area contributed by atoms with Crippen LogP contribution in [0.4, 0.5) is 0 Å². The summed E-state index contributed by atoms with van der Waals surface area (Å²) in [6, 6.07) is 15.8. The van der Waals surface area contributed by atoms with Crippen LogP contribution in [0, 0.1) is 5.92 Å². The van der Waals surface area contributed by atoms with Crippen molar-refractivity contribution in [2.45, 2.75) is 92.4 Å². The Morgan fingerprint density at radius 1 is 0.800 bits per heavy atom. The summed E-state index contributed by atoms with van der Waals surface area (Å²) in [5, 5.41) is 0. The first-order valence-electron chi connectivity index (χ1n) is 11.5. The van der Waals surface area contributed by atoms with Crippen molar-refractivity contribution in [3.8, 4) is 5.75 Å². The Bertz CT molecular complexity index is 700. The summed E-state index contributed by atoms with van der Waals surface area (Å²) < 4.78 is 5.54. The van der Waals surface area contributed by atoms with Crippen molar-refractivity contribution in [1.82, 2.24) is 0 Å². The second-order valence-corrected chi connectivity index (χ2v) is 8.35. The lowest BCUT2D eigenvalue weighted by atomic mass is 9.95. The molecule has 2 aromatic rings. The Balaban J connectivity index is 0.00000450. The van der Waals surface area contributed by atoms with Crippen LogP contribution in [0.25, 0.3) is 0 Å². The fourth-order valence-electron chi connectivity index (χ4n) is 3.67. The quantitative estimate of drug-likeness (QED) is 0.188. The second kappa shape index (κ2) is 14.8. The SMILES string of the molecule is C.CCCCCCC(C)Cc1ccc(C(=O)Oc2ccc(CCCCC)cc2)cc1. The van der Waals surface area contributed by atoms with Crippen molar-refractivity contribution in [2.24, 2.45) is 5.92 Å². The maximum atomic E-state index is 12.4. The zero-order chi connectivity index (χ0) is 20.9. The monoisotopic (exact) mass is 410 g/mol. The Hall–Kier alpha value is -2.09. The number of aryl methyl sites for hydroxylation is 1. The average Bonchev–Trinajstić information content (AvgIpc) is 2.73. The van der Waals surface area contributed by atoms with Gasteiger partial charge in [-0.15, -0.1) is 0 Å². The third-order valence-corrected chi connectivity index (χ3v) is 5.53. The number of hydrogen-bond donors (Lipinski definition) is 0. The standard InChI is InChI=1S/C27H38O2.CH4/c1-4-6-8-10-11-22(3)21-24-13-17-25(18-14-24)27(28)29-26-19-15-23(16-20-26)12-9-7-5-2;/h13-20,22H,4-12,21H2,1-3H3;1H4. The largest absolute Gasteiger partial charge is 0.423 e. The highest BCUT2D eigenvalue weighted by Crippen LogP contribution is 2.19. The van der Waals surface area contributed by atoms with Crippen LogP contribution in [0.15, 0.2) is 48.5 Å². The minimum absolute atomic E-state index is 0. The average molecular weight is 411 g/mol. The van der Waals surface area contributed by atoms with E-state index in [1.54, 1.807) is 0 Å². The maximum Gasteiger partial charge on any atom is 0.343 e. The number of ether oxygens (including phenoxy) is 1. The molecule has 0 saturated heterocycles. The lowest BCUT2D eigenvalue weighted by Gasteiger charge is -2.12. The predicted molar refractivity (Wildman–Crippen MR) is 129 cm³/mol. The summed E-state index contributed by atoms with van der Waals surface area (Å²) >= 11 is 0. The molecule has 0 aliphatic heterocycles. The summed E-state index contributed by atoms with van der Waals surface area (Å²) in [7, 11) is 0. The van der Waals surface area contributed by atoms with E-state index in [0.717, 1.165) is 12.8 Å². The number of esters is 1. The molecule has 0 heterocycles. The molecule has 0 spiro atoms. The molecule has 0 bridgehead atoms. The van der Waals surface area contributed by atoms with E-state index in [1.165, 1.54) is 62.5 Å². The minimum atomic E-state index is -0.289. The van der Waals surface area contributed by atoms with Gasteiger partial charge in [-0.05, 0) is 60.6 Å². The van der Waals surface area contributed by atoms with E-state index in [-0.39, 0.29) is 13.4 Å². The number of benzene rings is 2. The Morgan fingerprint density at radius 2 is 1.40 bits per heavy atom.